The van der Waals surface area contributed by atoms with Gasteiger partial charge in [-0.15, -0.1) is 0 Å². The van der Waals surface area contributed by atoms with Crippen molar-refractivity contribution < 1.29 is 0 Å². The van der Waals surface area contributed by atoms with Gasteiger partial charge in [-0.2, -0.15) is 0 Å². The molecule has 0 N–H and O–H groups in total. The van der Waals surface area contributed by atoms with E-state index in [2.05, 4.69) is 47.1 Å². The largest absolute Gasteiger partial charge is 0.369 e. The molecule has 0 amide bonds. The molecule has 2 nitrogen and oxygen atoms in total. The number of hydrogen-bond acceptors (Lipinski definition) is 2. The van der Waals surface area contributed by atoms with Crippen LogP contribution < -0.4 is 4.90 Å². The van der Waals surface area contributed by atoms with Crippen molar-refractivity contribution in [1.29, 1.82) is 0 Å². The number of anilines is 1. The molecule has 1 saturated heterocycles. The number of piperazine rings is 1. The first-order valence-corrected chi connectivity index (χ1v) is 8.92. The third-order valence-corrected chi connectivity index (χ3v) is 4.57. The average Bonchev–Trinajstić information content (AvgIpc) is 2.55. The highest BCUT2D eigenvalue weighted by Gasteiger charge is 2.16. The minimum absolute atomic E-state index is 1.18. The molecule has 0 bridgehead atoms. The Hall–Kier alpha value is -1.02. The van der Waals surface area contributed by atoms with Gasteiger partial charge in [-0.25, -0.2) is 0 Å². The first-order chi connectivity index (χ1) is 10.4. The lowest BCUT2D eigenvalue weighted by Crippen LogP contribution is -2.46. The summed E-state index contributed by atoms with van der Waals surface area (Å²) in [5, 5.41) is 0. The number of hydrogen-bond donors (Lipinski definition) is 0. The summed E-state index contributed by atoms with van der Waals surface area (Å²) in [7, 11) is 0. The van der Waals surface area contributed by atoms with E-state index < -0.39 is 0 Å². The topological polar surface area (TPSA) is 6.48 Å². The van der Waals surface area contributed by atoms with E-state index in [-0.39, 0.29) is 0 Å². The quantitative estimate of drug-likeness (QED) is 0.615. The van der Waals surface area contributed by atoms with Crippen molar-refractivity contribution in [3.63, 3.8) is 0 Å². The van der Waals surface area contributed by atoms with Crippen LogP contribution in [0.4, 0.5) is 5.69 Å². The molecule has 1 fully saturated rings. The molecule has 0 spiro atoms. The molecule has 0 unspecified atom stereocenters. The molecule has 0 aromatic heterocycles. The highest BCUT2D eigenvalue weighted by Crippen LogP contribution is 2.16. The van der Waals surface area contributed by atoms with E-state index in [0.717, 1.165) is 0 Å². The van der Waals surface area contributed by atoms with Crippen LogP contribution in [0.2, 0.25) is 0 Å². The first kappa shape index (κ1) is 16.4. The minimum atomic E-state index is 1.18. The Morgan fingerprint density at radius 3 is 2.05 bits per heavy atom. The second-order valence-electron chi connectivity index (χ2n) is 6.29. The van der Waals surface area contributed by atoms with Gasteiger partial charge >= 0.3 is 0 Å². The number of benzene rings is 1. The van der Waals surface area contributed by atoms with Gasteiger partial charge in [-0.1, -0.05) is 63.6 Å². The third kappa shape index (κ3) is 6.09. The van der Waals surface area contributed by atoms with Crippen molar-refractivity contribution in [2.24, 2.45) is 0 Å². The summed E-state index contributed by atoms with van der Waals surface area (Å²) in [6, 6.07) is 10.8. The molecule has 2 rings (SSSR count). The van der Waals surface area contributed by atoms with Gasteiger partial charge in [0.05, 0.1) is 0 Å². The van der Waals surface area contributed by atoms with Gasteiger partial charge in [-0.05, 0) is 25.1 Å². The van der Waals surface area contributed by atoms with E-state index in [1.54, 1.807) is 0 Å². The van der Waals surface area contributed by atoms with Crippen molar-refractivity contribution in [2.75, 3.05) is 37.6 Å². The molecule has 1 aromatic carbocycles. The molecule has 118 valence electrons. The van der Waals surface area contributed by atoms with Crippen LogP contribution in [0.3, 0.4) is 0 Å². The molecule has 21 heavy (non-hydrogen) atoms. The molecule has 0 radical (unpaired) electrons. The van der Waals surface area contributed by atoms with Crippen LogP contribution >= 0.6 is 0 Å². The second-order valence-corrected chi connectivity index (χ2v) is 6.29. The summed E-state index contributed by atoms with van der Waals surface area (Å²) >= 11 is 0. The zero-order valence-corrected chi connectivity index (χ0v) is 13.8. The molecule has 0 aliphatic carbocycles. The third-order valence-electron chi connectivity index (χ3n) is 4.57. The summed E-state index contributed by atoms with van der Waals surface area (Å²) < 4.78 is 0. The van der Waals surface area contributed by atoms with Crippen molar-refractivity contribution in [3.8, 4) is 0 Å². The van der Waals surface area contributed by atoms with Gasteiger partial charge in [0.25, 0.3) is 0 Å². The summed E-state index contributed by atoms with van der Waals surface area (Å²) in [5.74, 6) is 0. The summed E-state index contributed by atoms with van der Waals surface area (Å²) in [4.78, 5) is 5.16. The van der Waals surface area contributed by atoms with Crippen LogP contribution in [0.25, 0.3) is 0 Å². The summed E-state index contributed by atoms with van der Waals surface area (Å²) in [6.45, 7) is 8.40. The molecule has 1 aliphatic rings. The number of rotatable bonds is 9. The molecule has 1 aromatic rings. The highest BCUT2D eigenvalue weighted by molar-refractivity contribution is 5.46. The van der Waals surface area contributed by atoms with E-state index >= 15 is 0 Å². The molecule has 2 heteroatoms. The molecule has 1 aliphatic heterocycles. The maximum Gasteiger partial charge on any atom is 0.0367 e. The van der Waals surface area contributed by atoms with Gasteiger partial charge in [0.2, 0.25) is 0 Å². The Labute approximate surface area is 131 Å². The normalized spacial score (nSPS) is 16.3. The lowest BCUT2D eigenvalue weighted by Gasteiger charge is -2.36. The van der Waals surface area contributed by atoms with Crippen LogP contribution in [-0.4, -0.2) is 37.6 Å². The van der Waals surface area contributed by atoms with Crippen molar-refractivity contribution in [1.82, 2.24) is 4.90 Å². The zero-order chi connectivity index (χ0) is 14.8. The van der Waals surface area contributed by atoms with Gasteiger partial charge in [-0.3, -0.25) is 4.90 Å². The highest BCUT2D eigenvalue weighted by atomic mass is 15.3. The van der Waals surface area contributed by atoms with Crippen LogP contribution in [0.15, 0.2) is 30.3 Å². The number of para-hydroxylation sites is 1. The maximum absolute atomic E-state index is 2.64. The molecule has 0 atom stereocenters. The van der Waals surface area contributed by atoms with Crippen LogP contribution in [0.5, 0.6) is 0 Å². The Bertz CT molecular complexity index is 355. The Balaban J connectivity index is 1.53. The fraction of sp³-hybridized carbons (Fsp3) is 0.684. The lowest BCUT2D eigenvalue weighted by atomic mass is 10.1. The summed E-state index contributed by atoms with van der Waals surface area (Å²) in [5.41, 5.74) is 1.38. The Kier molecular flexibility index (Phi) is 7.66. The SMILES string of the molecule is CCCCCCCCCN1CCN(c2ccccc2)CC1. The van der Waals surface area contributed by atoms with E-state index in [0.29, 0.717) is 0 Å². The Morgan fingerprint density at radius 2 is 1.38 bits per heavy atom. The van der Waals surface area contributed by atoms with Gasteiger partial charge < -0.3 is 4.90 Å². The van der Waals surface area contributed by atoms with E-state index in [1.165, 1.54) is 83.4 Å². The van der Waals surface area contributed by atoms with Crippen molar-refractivity contribution in [3.05, 3.63) is 30.3 Å². The second kappa shape index (κ2) is 9.83. The molecular formula is C19H32N2. The van der Waals surface area contributed by atoms with Gasteiger partial charge in [0, 0.05) is 31.9 Å². The number of unbranched alkanes of at least 4 members (excludes halogenated alkanes) is 6. The first-order valence-electron chi connectivity index (χ1n) is 8.92. The van der Waals surface area contributed by atoms with Gasteiger partial charge in [0.1, 0.15) is 0 Å². The van der Waals surface area contributed by atoms with Crippen LogP contribution in [-0.2, 0) is 0 Å². The maximum atomic E-state index is 2.64. The van der Waals surface area contributed by atoms with E-state index in [4.69, 9.17) is 0 Å². The molecule has 1 heterocycles. The van der Waals surface area contributed by atoms with Crippen LogP contribution in [0.1, 0.15) is 51.9 Å². The number of nitrogens with zero attached hydrogens (tertiary/aromatic N) is 2. The standard InChI is InChI=1S/C19H32N2/c1-2-3-4-5-6-7-11-14-20-15-17-21(18-16-20)19-12-9-8-10-13-19/h8-10,12-13H,2-7,11,14-18H2,1H3. The fourth-order valence-electron chi connectivity index (χ4n) is 3.16. The van der Waals surface area contributed by atoms with Crippen molar-refractivity contribution in [2.45, 2.75) is 51.9 Å². The zero-order valence-electron chi connectivity index (χ0n) is 13.8. The lowest BCUT2D eigenvalue weighted by molar-refractivity contribution is 0.252. The Morgan fingerprint density at radius 1 is 0.762 bits per heavy atom. The van der Waals surface area contributed by atoms with Crippen molar-refractivity contribution >= 4 is 5.69 Å². The predicted molar refractivity (Wildman–Crippen MR) is 93.1 cm³/mol. The van der Waals surface area contributed by atoms with Gasteiger partial charge in [0.15, 0.2) is 0 Å². The smallest absolute Gasteiger partial charge is 0.0367 e. The molecule has 0 saturated carbocycles. The van der Waals surface area contributed by atoms with E-state index in [9.17, 15) is 0 Å². The minimum Gasteiger partial charge on any atom is -0.369 e. The fourth-order valence-corrected chi connectivity index (χ4v) is 3.16. The molecular weight excluding hydrogens is 256 g/mol. The monoisotopic (exact) mass is 288 g/mol. The average molecular weight is 288 g/mol. The summed E-state index contributed by atoms with van der Waals surface area (Å²) in [6.07, 6.45) is 9.89. The predicted octanol–water partition coefficient (Wildman–Crippen LogP) is 4.56. The van der Waals surface area contributed by atoms with E-state index in [1.807, 2.05) is 0 Å². The van der Waals surface area contributed by atoms with Crippen LogP contribution in [0, 0.1) is 0 Å².